The lowest BCUT2D eigenvalue weighted by Gasteiger charge is -2.04. The average molecular weight is 189 g/mol. The first-order chi connectivity index (χ1) is 6.76. The van der Waals surface area contributed by atoms with Crippen molar-refractivity contribution in [1.82, 2.24) is 4.57 Å². The summed E-state index contributed by atoms with van der Waals surface area (Å²) in [6.45, 7) is 0. The van der Waals surface area contributed by atoms with E-state index in [1.54, 1.807) is 13.2 Å². The van der Waals surface area contributed by atoms with Gasteiger partial charge in [-0.25, -0.2) is 0 Å². The third-order valence-electron chi connectivity index (χ3n) is 2.34. The molecule has 2 rings (SSSR count). The molecule has 3 nitrogen and oxygen atoms in total. The highest BCUT2D eigenvalue weighted by Gasteiger charge is 2.06. The molecule has 14 heavy (non-hydrogen) atoms. The van der Waals surface area contributed by atoms with Gasteiger partial charge >= 0.3 is 0 Å². The van der Waals surface area contributed by atoms with Gasteiger partial charge in [-0.1, -0.05) is 0 Å². The molecule has 1 aromatic carbocycles. The predicted octanol–water partition coefficient (Wildman–Crippen LogP) is 2.00. The van der Waals surface area contributed by atoms with E-state index in [9.17, 15) is 4.79 Å². The number of aryl methyl sites for hydroxylation is 1. The van der Waals surface area contributed by atoms with Crippen LogP contribution in [-0.4, -0.2) is 18.0 Å². The molecular formula is C11H11NO2. The molecule has 0 amide bonds. The zero-order valence-corrected chi connectivity index (χ0v) is 8.15. The SMILES string of the molecule is COc1cc(C=O)cc2c1ccn2C. The van der Waals surface area contributed by atoms with E-state index < -0.39 is 0 Å². The number of carbonyl (C=O) groups is 1. The van der Waals surface area contributed by atoms with Crippen molar-refractivity contribution in [2.75, 3.05) is 7.11 Å². The van der Waals surface area contributed by atoms with Gasteiger partial charge in [0.05, 0.1) is 12.6 Å². The summed E-state index contributed by atoms with van der Waals surface area (Å²) in [5.41, 5.74) is 1.64. The van der Waals surface area contributed by atoms with Crippen molar-refractivity contribution in [3.05, 3.63) is 30.0 Å². The van der Waals surface area contributed by atoms with E-state index in [1.807, 2.05) is 29.9 Å². The number of fused-ring (bicyclic) bond motifs is 1. The van der Waals surface area contributed by atoms with Crippen LogP contribution in [0.4, 0.5) is 0 Å². The van der Waals surface area contributed by atoms with E-state index in [0.717, 1.165) is 22.9 Å². The van der Waals surface area contributed by atoms with Crippen molar-refractivity contribution in [3.63, 3.8) is 0 Å². The van der Waals surface area contributed by atoms with Crippen LogP contribution in [0.3, 0.4) is 0 Å². The van der Waals surface area contributed by atoms with Gasteiger partial charge in [0.25, 0.3) is 0 Å². The van der Waals surface area contributed by atoms with Crippen molar-refractivity contribution in [2.24, 2.45) is 7.05 Å². The number of nitrogens with zero attached hydrogens (tertiary/aromatic N) is 1. The number of hydrogen-bond acceptors (Lipinski definition) is 2. The van der Waals surface area contributed by atoms with Crippen molar-refractivity contribution in [2.45, 2.75) is 0 Å². The Morgan fingerprint density at radius 1 is 1.43 bits per heavy atom. The van der Waals surface area contributed by atoms with E-state index in [0.29, 0.717) is 5.56 Å². The normalized spacial score (nSPS) is 10.4. The van der Waals surface area contributed by atoms with Gasteiger partial charge in [0.1, 0.15) is 12.0 Å². The van der Waals surface area contributed by atoms with Crippen LogP contribution in [0.5, 0.6) is 5.75 Å². The Morgan fingerprint density at radius 2 is 2.21 bits per heavy atom. The molecule has 0 atom stereocenters. The van der Waals surface area contributed by atoms with Crippen LogP contribution in [0.2, 0.25) is 0 Å². The Labute approximate surface area is 81.9 Å². The van der Waals surface area contributed by atoms with E-state index >= 15 is 0 Å². The second-order valence-corrected chi connectivity index (χ2v) is 3.20. The van der Waals surface area contributed by atoms with Crippen molar-refractivity contribution < 1.29 is 9.53 Å². The first-order valence-corrected chi connectivity index (χ1v) is 4.34. The lowest BCUT2D eigenvalue weighted by atomic mass is 10.1. The zero-order valence-electron chi connectivity index (χ0n) is 8.15. The smallest absolute Gasteiger partial charge is 0.150 e. The number of methoxy groups -OCH3 is 1. The summed E-state index contributed by atoms with van der Waals surface area (Å²) in [5, 5.41) is 1.03. The maximum atomic E-state index is 10.7. The molecule has 0 fully saturated rings. The quantitative estimate of drug-likeness (QED) is 0.676. The van der Waals surface area contributed by atoms with Gasteiger partial charge in [0.15, 0.2) is 0 Å². The molecule has 0 N–H and O–H groups in total. The van der Waals surface area contributed by atoms with E-state index in [2.05, 4.69) is 0 Å². The Morgan fingerprint density at radius 3 is 2.86 bits per heavy atom. The Hall–Kier alpha value is -1.77. The lowest BCUT2D eigenvalue weighted by Crippen LogP contribution is -1.90. The van der Waals surface area contributed by atoms with Gasteiger partial charge in [0.2, 0.25) is 0 Å². The molecule has 0 aliphatic rings. The average Bonchev–Trinajstić information content (AvgIpc) is 2.59. The number of aldehydes is 1. The molecule has 0 saturated heterocycles. The molecule has 0 spiro atoms. The molecular weight excluding hydrogens is 178 g/mol. The second kappa shape index (κ2) is 3.18. The minimum absolute atomic E-state index is 0.635. The first-order valence-electron chi connectivity index (χ1n) is 4.34. The highest BCUT2D eigenvalue weighted by atomic mass is 16.5. The van der Waals surface area contributed by atoms with Gasteiger partial charge in [-0.2, -0.15) is 0 Å². The Kier molecular flexibility index (Phi) is 2.00. The summed E-state index contributed by atoms with van der Waals surface area (Å²) in [4.78, 5) is 10.7. The summed E-state index contributed by atoms with van der Waals surface area (Å²) in [6, 6.07) is 5.57. The molecule has 0 aliphatic heterocycles. The summed E-state index contributed by atoms with van der Waals surface area (Å²) >= 11 is 0. The third-order valence-corrected chi connectivity index (χ3v) is 2.34. The number of ether oxygens (including phenoxy) is 1. The highest BCUT2D eigenvalue weighted by molar-refractivity contribution is 5.92. The highest BCUT2D eigenvalue weighted by Crippen LogP contribution is 2.27. The maximum Gasteiger partial charge on any atom is 0.150 e. The minimum atomic E-state index is 0.635. The molecule has 0 unspecified atom stereocenters. The zero-order chi connectivity index (χ0) is 10.1. The maximum absolute atomic E-state index is 10.7. The molecule has 1 aromatic heterocycles. The van der Waals surface area contributed by atoms with E-state index in [1.165, 1.54) is 0 Å². The first kappa shape index (κ1) is 8.81. The molecule has 0 radical (unpaired) electrons. The molecule has 0 saturated carbocycles. The van der Waals surface area contributed by atoms with Crippen LogP contribution in [0.15, 0.2) is 24.4 Å². The Balaban J connectivity index is 2.82. The molecule has 3 heteroatoms. The molecule has 0 bridgehead atoms. The number of benzene rings is 1. The fourth-order valence-electron chi connectivity index (χ4n) is 1.60. The summed E-state index contributed by atoms with van der Waals surface area (Å²) in [5.74, 6) is 0.741. The van der Waals surface area contributed by atoms with Crippen LogP contribution in [-0.2, 0) is 7.05 Å². The number of aromatic nitrogens is 1. The predicted molar refractivity (Wildman–Crippen MR) is 54.9 cm³/mol. The number of carbonyl (C=O) groups excluding carboxylic acids is 1. The van der Waals surface area contributed by atoms with Gasteiger partial charge in [-0.05, 0) is 18.2 Å². The molecule has 2 aromatic rings. The van der Waals surface area contributed by atoms with Crippen LogP contribution in [0.25, 0.3) is 10.9 Å². The third kappa shape index (κ3) is 1.18. The minimum Gasteiger partial charge on any atom is -0.496 e. The topological polar surface area (TPSA) is 31.2 Å². The molecule has 1 heterocycles. The molecule has 0 aliphatic carbocycles. The van der Waals surface area contributed by atoms with Crippen molar-refractivity contribution >= 4 is 17.2 Å². The van der Waals surface area contributed by atoms with Crippen LogP contribution >= 0.6 is 0 Å². The van der Waals surface area contributed by atoms with Gasteiger partial charge in [0, 0.05) is 24.2 Å². The van der Waals surface area contributed by atoms with Crippen molar-refractivity contribution in [1.29, 1.82) is 0 Å². The monoisotopic (exact) mass is 189 g/mol. The summed E-state index contributed by atoms with van der Waals surface area (Å²) < 4.78 is 7.17. The molecule has 72 valence electrons. The summed E-state index contributed by atoms with van der Waals surface area (Å²) in [6.07, 6.45) is 2.77. The van der Waals surface area contributed by atoms with E-state index in [4.69, 9.17) is 4.74 Å². The number of rotatable bonds is 2. The van der Waals surface area contributed by atoms with Crippen LogP contribution in [0, 0.1) is 0 Å². The van der Waals surface area contributed by atoms with Crippen LogP contribution in [0.1, 0.15) is 10.4 Å². The second-order valence-electron chi connectivity index (χ2n) is 3.20. The standard InChI is InChI=1S/C11H11NO2/c1-12-4-3-9-10(12)5-8(7-13)6-11(9)14-2/h3-7H,1-2H3. The number of hydrogen-bond donors (Lipinski definition) is 0. The summed E-state index contributed by atoms with van der Waals surface area (Å²) in [7, 11) is 3.55. The van der Waals surface area contributed by atoms with Crippen LogP contribution < -0.4 is 4.74 Å². The Bertz CT molecular complexity index is 485. The van der Waals surface area contributed by atoms with Crippen molar-refractivity contribution in [3.8, 4) is 5.75 Å². The fraction of sp³-hybridized carbons (Fsp3) is 0.182. The van der Waals surface area contributed by atoms with E-state index in [-0.39, 0.29) is 0 Å². The largest absolute Gasteiger partial charge is 0.496 e. The van der Waals surface area contributed by atoms with Gasteiger partial charge in [-0.3, -0.25) is 4.79 Å². The van der Waals surface area contributed by atoms with Gasteiger partial charge < -0.3 is 9.30 Å². The fourth-order valence-corrected chi connectivity index (χ4v) is 1.60. The van der Waals surface area contributed by atoms with Gasteiger partial charge in [-0.15, -0.1) is 0 Å². The lowest BCUT2D eigenvalue weighted by molar-refractivity contribution is 0.112.